The van der Waals surface area contributed by atoms with Crippen molar-refractivity contribution >= 4 is 11.9 Å². The number of methoxy groups -OCH3 is 1. The Hall–Kier alpha value is -3.42. The molecule has 0 amide bonds. The number of aromatic amines is 1. The Morgan fingerprint density at radius 3 is 2.48 bits per heavy atom. The second-order valence-electron chi connectivity index (χ2n) is 5.98. The molecule has 0 saturated heterocycles. The average Bonchev–Trinajstić information content (AvgIpc) is 3.27. The molecule has 8 heteroatoms. The van der Waals surface area contributed by atoms with Gasteiger partial charge in [0.15, 0.2) is 6.10 Å². The van der Waals surface area contributed by atoms with E-state index >= 15 is 0 Å². The molecular weight excluding hydrogens is 350 g/mol. The summed E-state index contributed by atoms with van der Waals surface area (Å²) in [6.07, 6.45) is -0.757. The molecule has 8 nitrogen and oxygen atoms in total. The zero-order chi connectivity index (χ0) is 19.6. The minimum atomic E-state index is -0.757. The van der Waals surface area contributed by atoms with Gasteiger partial charge in [-0.05, 0) is 38.5 Å². The summed E-state index contributed by atoms with van der Waals surface area (Å²) < 4.78 is 15.8. The number of aromatic nitrogens is 3. The van der Waals surface area contributed by atoms with Gasteiger partial charge in [-0.3, -0.25) is 0 Å². The van der Waals surface area contributed by atoms with Crippen LogP contribution >= 0.6 is 0 Å². The van der Waals surface area contributed by atoms with Crippen molar-refractivity contribution < 1.29 is 23.5 Å². The van der Waals surface area contributed by atoms with Gasteiger partial charge in [-0.25, -0.2) is 9.59 Å². The van der Waals surface area contributed by atoms with Crippen LogP contribution in [0, 0.1) is 13.8 Å². The molecule has 1 N–H and O–H groups in total. The van der Waals surface area contributed by atoms with Crippen molar-refractivity contribution in [2.45, 2.75) is 26.9 Å². The normalized spacial score (nSPS) is 11.9. The summed E-state index contributed by atoms with van der Waals surface area (Å²) in [4.78, 5) is 27.2. The van der Waals surface area contributed by atoms with Crippen LogP contribution in [0.1, 0.15) is 51.0 Å². The first kappa shape index (κ1) is 18.4. The van der Waals surface area contributed by atoms with Gasteiger partial charge in [0.25, 0.3) is 5.89 Å². The molecule has 1 atom stereocenters. The summed E-state index contributed by atoms with van der Waals surface area (Å²) in [6.45, 7) is 4.97. The van der Waals surface area contributed by atoms with E-state index in [2.05, 4.69) is 15.2 Å². The molecule has 3 rings (SSSR count). The number of hydrogen-bond acceptors (Lipinski definition) is 7. The lowest BCUT2D eigenvalue weighted by atomic mass is 10.1. The third-order valence-electron chi connectivity index (χ3n) is 4.12. The number of ether oxygens (including phenoxy) is 2. The number of carbonyl (C=O) groups is 2. The fraction of sp³-hybridized carbons (Fsp3) is 0.263. The maximum absolute atomic E-state index is 12.5. The predicted molar refractivity (Wildman–Crippen MR) is 95.2 cm³/mol. The molecule has 140 valence electrons. The molecule has 0 fully saturated rings. The minimum absolute atomic E-state index is 0.177. The summed E-state index contributed by atoms with van der Waals surface area (Å²) in [5.74, 6) is -0.625. The highest BCUT2D eigenvalue weighted by Gasteiger charge is 2.26. The SMILES string of the molecule is COC(=O)c1c(C)[nH]c(C(=O)O[C@H](C)c2nnc(-c3ccccc3)o2)c1C. The van der Waals surface area contributed by atoms with Gasteiger partial charge < -0.3 is 18.9 Å². The number of benzene rings is 1. The van der Waals surface area contributed by atoms with E-state index in [0.29, 0.717) is 22.7 Å². The lowest BCUT2D eigenvalue weighted by Gasteiger charge is -2.09. The van der Waals surface area contributed by atoms with Crippen LogP contribution in [0.5, 0.6) is 0 Å². The van der Waals surface area contributed by atoms with E-state index in [1.165, 1.54) is 7.11 Å². The number of nitrogens with zero attached hydrogens (tertiary/aromatic N) is 2. The summed E-state index contributed by atoms with van der Waals surface area (Å²) in [6, 6.07) is 9.28. The largest absolute Gasteiger partial charge is 0.465 e. The van der Waals surface area contributed by atoms with E-state index in [1.54, 1.807) is 20.8 Å². The van der Waals surface area contributed by atoms with Crippen molar-refractivity contribution in [3.63, 3.8) is 0 Å². The molecule has 2 heterocycles. The standard InChI is InChI=1S/C19H19N3O5/c1-10-14(18(23)25-4)11(2)20-15(10)19(24)26-12(3)16-21-22-17(27-16)13-8-6-5-7-9-13/h5-9,12,20H,1-4H3/t12-/m1/s1. The highest BCUT2D eigenvalue weighted by Crippen LogP contribution is 2.25. The van der Waals surface area contributed by atoms with Crippen molar-refractivity contribution in [1.82, 2.24) is 15.2 Å². The zero-order valence-electron chi connectivity index (χ0n) is 15.4. The molecule has 1 aromatic carbocycles. The molecule has 0 spiro atoms. The van der Waals surface area contributed by atoms with Gasteiger partial charge in [-0.15, -0.1) is 10.2 Å². The molecule has 0 unspecified atom stereocenters. The predicted octanol–water partition coefficient (Wildman–Crippen LogP) is 3.39. The third kappa shape index (κ3) is 3.59. The van der Waals surface area contributed by atoms with Crippen molar-refractivity contribution in [3.8, 4) is 11.5 Å². The number of nitrogens with one attached hydrogen (secondary N) is 1. The van der Waals surface area contributed by atoms with Gasteiger partial charge in [0, 0.05) is 11.3 Å². The second-order valence-corrected chi connectivity index (χ2v) is 5.98. The molecule has 0 aliphatic carbocycles. The number of esters is 2. The first-order chi connectivity index (χ1) is 12.9. The van der Waals surface area contributed by atoms with E-state index in [0.717, 1.165) is 5.56 Å². The van der Waals surface area contributed by atoms with Gasteiger partial charge in [0.2, 0.25) is 5.89 Å². The summed E-state index contributed by atoms with van der Waals surface area (Å²) in [5, 5.41) is 7.93. The minimum Gasteiger partial charge on any atom is -0.465 e. The van der Waals surface area contributed by atoms with E-state index < -0.39 is 18.0 Å². The molecule has 0 saturated carbocycles. The van der Waals surface area contributed by atoms with E-state index in [4.69, 9.17) is 13.9 Å². The van der Waals surface area contributed by atoms with E-state index in [-0.39, 0.29) is 11.6 Å². The Labute approximate surface area is 155 Å². The van der Waals surface area contributed by atoms with Crippen LogP contribution in [0.2, 0.25) is 0 Å². The highest BCUT2D eigenvalue weighted by molar-refractivity contribution is 5.98. The van der Waals surface area contributed by atoms with Crippen LogP contribution in [0.25, 0.3) is 11.5 Å². The van der Waals surface area contributed by atoms with Crippen LogP contribution in [-0.2, 0) is 9.47 Å². The maximum Gasteiger partial charge on any atom is 0.355 e. The van der Waals surface area contributed by atoms with Gasteiger partial charge in [0.05, 0.1) is 12.7 Å². The number of carbonyl (C=O) groups excluding carboxylic acids is 2. The summed E-state index contributed by atoms with van der Waals surface area (Å²) in [7, 11) is 1.29. The average molecular weight is 369 g/mol. The fourth-order valence-corrected chi connectivity index (χ4v) is 2.73. The molecule has 2 aromatic heterocycles. The van der Waals surface area contributed by atoms with Gasteiger partial charge in [-0.2, -0.15) is 0 Å². The molecule has 3 aromatic rings. The quantitative estimate of drug-likeness (QED) is 0.687. The van der Waals surface area contributed by atoms with Crippen molar-refractivity contribution in [1.29, 1.82) is 0 Å². The number of hydrogen-bond donors (Lipinski definition) is 1. The monoisotopic (exact) mass is 369 g/mol. The highest BCUT2D eigenvalue weighted by atomic mass is 16.6. The second kappa shape index (κ2) is 7.45. The van der Waals surface area contributed by atoms with Crippen LogP contribution in [-0.4, -0.2) is 34.2 Å². The molecule has 0 radical (unpaired) electrons. The van der Waals surface area contributed by atoms with Gasteiger partial charge in [0.1, 0.15) is 5.69 Å². The van der Waals surface area contributed by atoms with Crippen LogP contribution in [0.15, 0.2) is 34.7 Å². The number of aryl methyl sites for hydroxylation is 1. The smallest absolute Gasteiger partial charge is 0.355 e. The number of rotatable bonds is 5. The Morgan fingerprint density at radius 1 is 1.11 bits per heavy atom. The first-order valence-electron chi connectivity index (χ1n) is 8.29. The van der Waals surface area contributed by atoms with Crippen LogP contribution in [0.4, 0.5) is 0 Å². The zero-order valence-corrected chi connectivity index (χ0v) is 15.4. The van der Waals surface area contributed by atoms with E-state index in [1.807, 2.05) is 30.3 Å². The van der Waals surface area contributed by atoms with Crippen molar-refractivity contribution in [2.24, 2.45) is 0 Å². The lowest BCUT2D eigenvalue weighted by molar-refractivity contribution is 0.0272. The fourth-order valence-electron chi connectivity index (χ4n) is 2.73. The van der Waals surface area contributed by atoms with Crippen LogP contribution in [0.3, 0.4) is 0 Å². The Morgan fingerprint density at radius 2 is 1.81 bits per heavy atom. The Balaban J connectivity index is 1.77. The molecule has 27 heavy (non-hydrogen) atoms. The Bertz CT molecular complexity index is 975. The van der Waals surface area contributed by atoms with Gasteiger partial charge >= 0.3 is 11.9 Å². The first-order valence-corrected chi connectivity index (χ1v) is 8.29. The summed E-state index contributed by atoms with van der Waals surface area (Å²) >= 11 is 0. The molecule has 0 aliphatic heterocycles. The molecule has 0 aliphatic rings. The van der Waals surface area contributed by atoms with Gasteiger partial charge in [-0.1, -0.05) is 18.2 Å². The maximum atomic E-state index is 12.5. The lowest BCUT2D eigenvalue weighted by Crippen LogP contribution is -2.11. The van der Waals surface area contributed by atoms with Crippen molar-refractivity contribution in [2.75, 3.05) is 7.11 Å². The van der Waals surface area contributed by atoms with Crippen molar-refractivity contribution in [3.05, 3.63) is 58.7 Å². The third-order valence-corrected chi connectivity index (χ3v) is 4.12. The summed E-state index contributed by atoms with van der Waals surface area (Å²) in [5.41, 5.74) is 2.27. The van der Waals surface area contributed by atoms with E-state index in [9.17, 15) is 9.59 Å². The topological polar surface area (TPSA) is 107 Å². The van der Waals surface area contributed by atoms with Crippen LogP contribution < -0.4 is 0 Å². The molecule has 0 bridgehead atoms. The molecular formula is C19H19N3O5. The number of H-pyrrole nitrogens is 1. The Kier molecular flexibility index (Phi) is 5.07.